The highest BCUT2D eigenvalue weighted by Crippen LogP contribution is 2.50. The number of halogens is 13. The Balaban J connectivity index is 0.000000360. The average molecular weight is 2620 g/mol. The predicted octanol–water partition coefficient (Wildman–Crippen LogP) is 18.9. The highest BCUT2D eigenvalue weighted by atomic mass is 127. The number of likely N-dealkylation sites (N-methyl/N-ethyl adjacent to an activating group) is 3. The Morgan fingerprint density at radius 2 is 0.670 bits per heavy atom. The molecule has 0 heterocycles. The van der Waals surface area contributed by atoms with Gasteiger partial charge < -0.3 is 60.1 Å². The first kappa shape index (κ1) is 84.7. The molecule has 15 nitrogen and oxygen atoms in total. The number of carboxylic acids is 2. The van der Waals surface area contributed by atoms with Crippen LogP contribution < -0.4 is 30.2 Å². The van der Waals surface area contributed by atoms with E-state index in [2.05, 4.69) is 341 Å². The van der Waals surface area contributed by atoms with Crippen LogP contribution >= 0.6 is 271 Å². The second-order valence-corrected chi connectivity index (χ2v) is 36.7. The molecule has 0 aromatic heterocycles. The fourth-order valence-electron chi connectivity index (χ4n) is 9.62. The Labute approximate surface area is 700 Å². The number of hydrogen-bond donors (Lipinski definition) is 8. The summed E-state index contributed by atoms with van der Waals surface area (Å²) in [6.07, 6.45) is 1.37. The second kappa shape index (κ2) is 42.5. The van der Waals surface area contributed by atoms with Gasteiger partial charge in [-0.2, -0.15) is 0 Å². The number of alkyl halides is 1. The van der Waals surface area contributed by atoms with Crippen molar-refractivity contribution >= 4 is 299 Å². The maximum Gasteiger partial charge on any atom is 0.321 e. The molecular weight excluding hydrogens is 2550 g/mol. The van der Waals surface area contributed by atoms with Gasteiger partial charge in [-0.25, -0.2) is 0 Å². The van der Waals surface area contributed by atoms with E-state index >= 15 is 0 Å². The largest absolute Gasteiger partial charge is 0.523 e. The van der Waals surface area contributed by atoms with Crippen LogP contribution in [0.3, 0.4) is 0 Å². The molecule has 0 saturated heterocycles. The van der Waals surface area contributed by atoms with Gasteiger partial charge in [0, 0.05) is 5.04 Å². The molecule has 0 aliphatic carbocycles. The smallest absolute Gasteiger partial charge is 0.321 e. The minimum Gasteiger partial charge on any atom is -0.523 e. The lowest BCUT2D eigenvalue weighted by atomic mass is 9.76. The van der Waals surface area contributed by atoms with Gasteiger partial charge in [-0.15, -0.1) is 0 Å². The van der Waals surface area contributed by atoms with Crippen LogP contribution in [0, 0.1) is 60.6 Å². The van der Waals surface area contributed by atoms with Crippen LogP contribution in [0.15, 0.2) is 72.8 Å². The van der Waals surface area contributed by atoms with Crippen LogP contribution in [-0.2, 0) is 38.1 Å². The molecule has 3 atom stereocenters. The van der Waals surface area contributed by atoms with Crippen molar-refractivity contribution in [3.63, 3.8) is 0 Å². The lowest BCUT2D eigenvalue weighted by molar-refractivity contribution is -0.140. The normalized spacial score (nSPS) is 12.5. The van der Waals surface area contributed by atoms with Gasteiger partial charge in [0.15, 0.2) is 17.2 Å². The van der Waals surface area contributed by atoms with E-state index in [1.54, 1.807) is 24.3 Å². The van der Waals surface area contributed by atoms with Gasteiger partial charge >= 0.3 is 17.9 Å². The number of ether oxygens (including phenoxy) is 3. The number of benzene rings is 6. The molecule has 6 aromatic carbocycles. The SMILES string of the molecule is CCNC(Cc1cc(I)c(Oc2cc(I)c(O)c(I)c2)c(I)c1)C(=O)O.CCNC(Cc1cc(I)c(Oc2cc(I)c(O)c(I)c2)c(I)c1)C(=O)O.CCNC(Cc1cc(I)c(Oc2cc(I)c(O)c(I)c2)c(I)c1)C(=O)O[SiH2]C(C(C)C)(C(C)C)C(C)C.[2H]CF. The van der Waals surface area contributed by atoms with Crippen LogP contribution in [0.5, 0.6) is 51.7 Å². The molecule has 0 radical (unpaired) electrons. The minimum atomic E-state index is -1.12. The van der Waals surface area contributed by atoms with E-state index in [-0.39, 0.29) is 34.3 Å². The maximum absolute atomic E-state index is 13.3. The zero-order valence-corrected chi connectivity index (χ0v) is 77.9. The second-order valence-electron chi connectivity index (χ2n) is 21.0. The number of hydrogen-bond acceptors (Lipinski definition) is 13. The van der Waals surface area contributed by atoms with Gasteiger partial charge in [-0.05, 0) is 417 Å². The number of nitrogens with one attached hydrogen (secondary N) is 3. The summed E-state index contributed by atoms with van der Waals surface area (Å²) in [5.74, 6) is 4.49. The van der Waals surface area contributed by atoms with Crippen LogP contribution in [0.25, 0.3) is 0 Å². The van der Waals surface area contributed by atoms with E-state index in [0.29, 0.717) is 73.9 Å². The summed E-state index contributed by atoms with van der Waals surface area (Å²) in [5.41, 5.74) is 2.94. The molecule has 6 aromatic rings. The van der Waals surface area contributed by atoms with E-state index in [1.165, 1.54) is 0 Å². The van der Waals surface area contributed by atoms with Crippen molar-refractivity contribution in [1.29, 1.82) is 0 Å². The monoisotopic (exact) mass is 2620 g/mol. The molecule has 8 N–H and O–H groups in total. The van der Waals surface area contributed by atoms with Crippen LogP contribution in [0.2, 0.25) is 5.04 Å². The predicted molar refractivity (Wildman–Crippen MR) is 464 cm³/mol. The van der Waals surface area contributed by atoms with Crippen molar-refractivity contribution in [2.75, 3.05) is 26.8 Å². The maximum atomic E-state index is 13.3. The molecule has 0 amide bonds. The Bertz CT molecular complexity index is 3190. The molecule has 0 bridgehead atoms. The minimum absolute atomic E-state index is 0.0695. The van der Waals surface area contributed by atoms with E-state index in [9.17, 15) is 44.3 Å². The van der Waals surface area contributed by atoms with Crippen molar-refractivity contribution < 1.29 is 64.3 Å². The third kappa shape index (κ3) is 26.3. The zero-order chi connectivity index (χ0) is 69.6. The van der Waals surface area contributed by atoms with Crippen LogP contribution in [0.1, 0.15) is 80.4 Å². The van der Waals surface area contributed by atoms with E-state index in [0.717, 1.165) is 76.8 Å². The number of aromatic hydroxyl groups is 3. The van der Waals surface area contributed by atoms with Crippen molar-refractivity contribution in [2.45, 2.75) is 105 Å². The number of phenols is 3. The third-order valence-corrected chi connectivity index (χ3v) is 27.2. The number of rotatable bonds is 26. The molecule has 0 fully saturated rings. The van der Waals surface area contributed by atoms with Gasteiger partial charge in [0.05, 0.1) is 51.4 Å². The standard InChI is InChI=1S/C27H37I4NO4Si.2C17H15I4NO4.CH3F/c1-8-32-23(26(34)36-37-27(14(2)3,15(4)5)16(6)7)11-17-9-21(30)25(22(31)10-17)35-18-12-19(28)24(33)20(29)13-18;2*1-2-22-14(17(24)25)5-8-3-12(20)16(13(21)4-8)26-9-6-10(18)15(23)11(19)7-9;1-2/h9-10,12-16,23,32-33H,8,11,37H2,1-7H3;2*3-4,6-7,14,22-23H,2,5H2,1H3,(H,24,25);1H3/i;;;1D. The van der Waals surface area contributed by atoms with Crippen molar-refractivity contribution in [3.8, 4) is 51.7 Å². The number of carboxylic acid groups (broad SMARTS) is 2. The summed E-state index contributed by atoms with van der Waals surface area (Å²) >= 11 is 25.8. The first-order valence-electron chi connectivity index (χ1n) is 28.5. The molecule has 0 spiro atoms. The van der Waals surface area contributed by atoms with Gasteiger partial charge in [0.1, 0.15) is 52.6 Å². The highest BCUT2D eigenvalue weighted by molar-refractivity contribution is 14.1. The summed E-state index contributed by atoms with van der Waals surface area (Å²) < 4.78 is 49.9. The number of phenolic OH excluding ortho intramolecular Hbond substituents is 3. The molecule has 6 rings (SSSR count). The zero-order valence-electron chi connectivity index (χ0n) is 51.6. The summed E-state index contributed by atoms with van der Waals surface area (Å²) in [5, 5.41) is 57.9. The molecule has 29 heteroatoms. The third-order valence-electron chi connectivity index (χ3n) is 14.0. The molecule has 0 aliphatic rings. The molecule has 0 saturated carbocycles. The summed E-state index contributed by atoms with van der Waals surface area (Å²) in [7, 11) is -2.12. The first-order valence-corrected chi connectivity index (χ1v) is 42.0. The van der Waals surface area contributed by atoms with Gasteiger partial charge in [-0.1, -0.05) is 62.3 Å². The summed E-state index contributed by atoms with van der Waals surface area (Å²) in [6, 6.07) is 21.1. The molecular formula is C62H70FI12N3O12Si. The highest BCUT2D eigenvalue weighted by Gasteiger charge is 2.43. The topological polar surface area (TPSA) is 225 Å². The molecule has 500 valence electrons. The van der Waals surface area contributed by atoms with Crippen molar-refractivity contribution in [2.24, 2.45) is 17.8 Å². The Kier molecular flexibility index (Phi) is 39.6. The van der Waals surface area contributed by atoms with Crippen molar-refractivity contribution in [3.05, 3.63) is 132 Å². The first-order chi connectivity index (χ1) is 43.1. The van der Waals surface area contributed by atoms with Crippen LogP contribution in [-0.4, -0.2) is 98.1 Å². The number of aliphatic carboxylic acids is 2. The van der Waals surface area contributed by atoms with Gasteiger partial charge in [0.2, 0.25) is 9.76 Å². The van der Waals surface area contributed by atoms with Gasteiger partial charge in [0.25, 0.3) is 0 Å². The molecule has 91 heavy (non-hydrogen) atoms. The number of carbonyl (C=O) groups excluding carboxylic acids is 1. The lowest BCUT2D eigenvalue weighted by Gasteiger charge is -2.44. The Morgan fingerprint density at radius 3 is 0.879 bits per heavy atom. The van der Waals surface area contributed by atoms with E-state index in [4.69, 9.17) is 20.0 Å². The van der Waals surface area contributed by atoms with E-state index < -0.39 is 40.9 Å². The Hall–Kier alpha value is 1.32. The fourth-order valence-corrected chi connectivity index (χ4v) is 22.7. The number of carbonyl (C=O) groups is 3. The van der Waals surface area contributed by atoms with Crippen molar-refractivity contribution in [1.82, 2.24) is 16.0 Å². The molecule has 3 unspecified atom stereocenters. The quantitative estimate of drug-likeness (QED) is 0.0187. The molecule has 0 aliphatic heterocycles. The fraction of sp³-hybridized carbons (Fsp3) is 0.371. The van der Waals surface area contributed by atoms with Gasteiger partial charge in [-0.3, -0.25) is 18.8 Å². The lowest BCUT2D eigenvalue weighted by Crippen LogP contribution is -2.44. The summed E-state index contributed by atoms with van der Waals surface area (Å²) in [6.45, 7) is 21.3. The van der Waals surface area contributed by atoms with E-state index in [1.807, 2.05) is 57.2 Å². The summed E-state index contributed by atoms with van der Waals surface area (Å²) in [4.78, 5) is 36.0. The van der Waals surface area contributed by atoms with Crippen LogP contribution in [0.4, 0.5) is 4.39 Å². The average Bonchev–Trinajstić information content (AvgIpc) is 0.990. The Morgan fingerprint density at radius 1 is 0.451 bits per heavy atom.